The molecule has 1 fully saturated rings. The molecule has 0 atom stereocenters. The summed E-state index contributed by atoms with van der Waals surface area (Å²) in [6, 6.07) is 15.0. The van der Waals surface area contributed by atoms with E-state index in [1.54, 1.807) is 6.07 Å². The van der Waals surface area contributed by atoms with Gasteiger partial charge in [0.1, 0.15) is 0 Å². The molecule has 1 aliphatic rings. The van der Waals surface area contributed by atoms with Crippen LogP contribution in [-0.4, -0.2) is 35.8 Å². The van der Waals surface area contributed by atoms with Crippen LogP contribution in [0.5, 0.6) is 0 Å². The van der Waals surface area contributed by atoms with E-state index in [2.05, 4.69) is 17.9 Å². The van der Waals surface area contributed by atoms with Gasteiger partial charge in [-0.05, 0) is 43.5 Å². The monoisotopic (exact) mass is 354 g/mol. The van der Waals surface area contributed by atoms with Gasteiger partial charge in [-0.25, -0.2) is 0 Å². The molecular weight excluding hydrogens is 332 g/mol. The van der Waals surface area contributed by atoms with Crippen LogP contribution in [0.4, 0.5) is 0 Å². The summed E-state index contributed by atoms with van der Waals surface area (Å²) in [5.41, 5.74) is 2.32. The van der Waals surface area contributed by atoms with Crippen LogP contribution in [0.15, 0.2) is 53.4 Å². The third-order valence-corrected chi connectivity index (χ3v) is 5.03. The lowest BCUT2D eigenvalue weighted by Crippen LogP contribution is -2.46. The van der Waals surface area contributed by atoms with Crippen LogP contribution in [0.1, 0.15) is 39.1 Å². The van der Waals surface area contributed by atoms with Crippen molar-refractivity contribution < 1.29 is 9.59 Å². The number of aryl methyl sites for hydroxylation is 1. The summed E-state index contributed by atoms with van der Waals surface area (Å²) in [4.78, 5) is 27.6. The minimum Gasteiger partial charge on any atom is -0.349 e. The summed E-state index contributed by atoms with van der Waals surface area (Å²) in [5, 5.41) is 3.09. The number of hydrogen-bond acceptors (Lipinski definition) is 3. The van der Waals surface area contributed by atoms with Gasteiger partial charge in [-0.15, -0.1) is 12.6 Å². The summed E-state index contributed by atoms with van der Waals surface area (Å²) < 4.78 is 0. The fraction of sp³-hybridized carbons (Fsp3) is 0.300. The highest BCUT2D eigenvalue weighted by molar-refractivity contribution is 7.80. The van der Waals surface area contributed by atoms with Crippen molar-refractivity contribution in [3.8, 4) is 0 Å². The van der Waals surface area contributed by atoms with Crippen LogP contribution < -0.4 is 5.32 Å². The number of nitrogens with zero attached hydrogens (tertiary/aromatic N) is 1. The van der Waals surface area contributed by atoms with E-state index in [1.165, 1.54) is 0 Å². The highest BCUT2D eigenvalue weighted by Gasteiger charge is 2.25. The number of likely N-dealkylation sites (tertiary alicyclic amines) is 1. The first kappa shape index (κ1) is 17.5. The zero-order valence-corrected chi connectivity index (χ0v) is 15.1. The number of thiol groups is 1. The number of piperidine rings is 1. The van der Waals surface area contributed by atoms with E-state index in [0.717, 1.165) is 18.4 Å². The fourth-order valence-corrected chi connectivity index (χ4v) is 3.40. The summed E-state index contributed by atoms with van der Waals surface area (Å²) >= 11 is 4.37. The minimum atomic E-state index is -0.0384. The van der Waals surface area contributed by atoms with Gasteiger partial charge in [0.15, 0.2) is 0 Å². The van der Waals surface area contributed by atoms with E-state index < -0.39 is 0 Å². The molecule has 2 amide bonds. The largest absolute Gasteiger partial charge is 0.349 e. The summed E-state index contributed by atoms with van der Waals surface area (Å²) in [6.45, 7) is 3.21. The van der Waals surface area contributed by atoms with Crippen LogP contribution in [0.3, 0.4) is 0 Å². The third kappa shape index (κ3) is 4.04. The molecule has 1 N–H and O–H groups in total. The van der Waals surface area contributed by atoms with Gasteiger partial charge in [0.25, 0.3) is 11.8 Å². The number of hydrogen-bond donors (Lipinski definition) is 2. The molecule has 0 unspecified atom stereocenters. The molecule has 1 heterocycles. The van der Waals surface area contributed by atoms with Crippen molar-refractivity contribution in [2.24, 2.45) is 0 Å². The minimum absolute atomic E-state index is 0.00859. The van der Waals surface area contributed by atoms with Crippen molar-refractivity contribution >= 4 is 24.4 Å². The Morgan fingerprint density at radius 3 is 2.24 bits per heavy atom. The summed E-state index contributed by atoms with van der Waals surface area (Å²) in [6.07, 6.45) is 1.52. The van der Waals surface area contributed by atoms with Crippen LogP contribution in [0, 0.1) is 6.92 Å². The average Bonchev–Trinajstić information content (AvgIpc) is 2.62. The van der Waals surface area contributed by atoms with E-state index in [4.69, 9.17) is 0 Å². The molecule has 0 spiro atoms. The van der Waals surface area contributed by atoms with E-state index in [1.807, 2.05) is 54.3 Å². The van der Waals surface area contributed by atoms with Crippen LogP contribution >= 0.6 is 12.6 Å². The number of benzene rings is 2. The van der Waals surface area contributed by atoms with Gasteiger partial charge in [-0.3, -0.25) is 9.59 Å². The predicted octanol–water partition coefficient (Wildman–Crippen LogP) is 3.32. The Morgan fingerprint density at radius 1 is 1.00 bits per heavy atom. The molecule has 1 aliphatic heterocycles. The number of carbonyl (C=O) groups is 2. The Morgan fingerprint density at radius 2 is 1.60 bits per heavy atom. The van der Waals surface area contributed by atoms with Crippen molar-refractivity contribution in [1.82, 2.24) is 10.2 Å². The molecule has 0 saturated carbocycles. The maximum atomic E-state index is 12.6. The van der Waals surface area contributed by atoms with E-state index in [9.17, 15) is 9.59 Å². The van der Waals surface area contributed by atoms with Gasteiger partial charge in [0.2, 0.25) is 0 Å². The molecule has 5 heteroatoms. The van der Waals surface area contributed by atoms with Crippen LogP contribution in [-0.2, 0) is 0 Å². The quantitative estimate of drug-likeness (QED) is 0.831. The molecule has 2 aromatic rings. The van der Waals surface area contributed by atoms with Gasteiger partial charge in [-0.1, -0.05) is 30.3 Å². The van der Waals surface area contributed by atoms with Gasteiger partial charge < -0.3 is 10.2 Å². The number of amides is 2. The second-order valence-corrected chi connectivity index (χ2v) is 6.85. The number of carbonyl (C=O) groups excluding carboxylic acids is 2. The van der Waals surface area contributed by atoms with E-state index in [0.29, 0.717) is 29.1 Å². The van der Waals surface area contributed by atoms with Crippen molar-refractivity contribution in [2.75, 3.05) is 13.1 Å². The van der Waals surface area contributed by atoms with Gasteiger partial charge in [0, 0.05) is 29.6 Å². The van der Waals surface area contributed by atoms with Crippen LogP contribution in [0.2, 0.25) is 0 Å². The lowest BCUT2D eigenvalue weighted by atomic mass is 10.0. The molecule has 0 aliphatic carbocycles. The topological polar surface area (TPSA) is 49.4 Å². The highest BCUT2D eigenvalue weighted by Crippen LogP contribution is 2.19. The lowest BCUT2D eigenvalue weighted by Gasteiger charge is -2.32. The van der Waals surface area contributed by atoms with Gasteiger partial charge in [-0.2, -0.15) is 0 Å². The normalized spacial score (nSPS) is 15.0. The van der Waals surface area contributed by atoms with Crippen LogP contribution in [0.25, 0.3) is 0 Å². The molecule has 130 valence electrons. The Hall–Kier alpha value is -2.27. The molecule has 4 nitrogen and oxygen atoms in total. The Kier molecular flexibility index (Phi) is 5.43. The van der Waals surface area contributed by atoms with Crippen molar-refractivity contribution in [3.63, 3.8) is 0 Å². The van der Waals surface area contributed by atoms with Gasteiger partial charge in [0.05, 0.1) is 5.56 Å². The Balaban J connectivity index is 1.57. The standard InChI is InChI=1S/C20H22N2O2S/c1-14-6-2-3-7-16(14)19(23)21-15-10-12-22(13-11-15)20(24)17-8-4-5-9-18(17)25/h2-9,15,25H,10-13H2,1H3,(H,21,23). The summed E-state index contributed by atoms with van der Waals surface area (Å²) in [5.74, 6) is -0.0298. The maximum absolute atomic E-state index is 12.6. The Bertz CT molecular complexity index is 783. The molecule has 0 radical (unpaired) electrons. The summed E-state index contributed by atoms with van der Waals surface area (Å²) in [7, 11) is 0. The molecule has 25 heavy (non-hydrogen) atoms. The van der Waals surface area contributed by atoms with Crippen molar-refractivity contribution in [2.45, 2.75) is 30.7 Å². The van der Waals surface area contributed by atoms with Gasteiger partial charge >= 0.3 is 0 Å². The lowest BCUT2D eigenvalue weighted by molar-refractivity contribution is 0.0695. The second-order valence-electron chi connectivity index (χ2n) is 6.37. The molecule has 1 saturated heterocycles. The zero-order chi connectivity index (χ0) is 17.8. The van der Waals surface area contributed by atoms with E-state index in [-0.39, 0.29) is 17.9 Å². The second kappa shape index (κ2) is 7.74. The molecule has 3 rings (SSSR count). The molecule has 2 aromatic carbocycles. The first-order valence-corrected chi connectivity index (χ1v) is 8.95. The molecular formula is C20H22N2O2S. The highest BCUT2D eigenvalue weighted by atomic mass is 32.1. The predicted molar refractivity (Wildman–Crippen MR) is 101 cm³/mol. The first-order valence-electron chi connectivity index (χ1n) is 8.50. The SMILES string of the molecule is Cc1ccccc1C(=O)NC1CCN(C(=O)c2ccccc2S)CC1. The average molecular weight is 354 g/mol. The zero-order valence-electron chi connectivity index (χ0n) is 14.2. The fourth-order valence-electron chi connectivity index (χ4n) is 3.14. The number of rotatable bonds is 3. The number of nitrogens with one attached hydrogen (secondary N) is 1. The maximum Gasteiger partial charge on any atom is 0.254 e. The smallest absolute Gasteiger partial charge is 0.254 e. The Labute approximate surface area is 153 Å². The van der Waals surface area contributed by atoms with Crippen molar-refractivity contribution in [1.29, 1.82) is 0 Å². The third-order valence-electron chi connectivity index (χ3n) is 4.64. The molecule has 0 bridgehead atoms. The first-order chi connectivity index (χ1) is 12.1. The van der Waals surface area contributed by atoms with Crippen molar-refractivity contribution in [3.05, 3.63) is 65.2 Å². The van der Waals surface area contributed by atoms with E-state index >= 15 is 0 Å². The molecule has 0 aromatic heterocycles.